The minimum atomic E-state index is -4.06. The number of carbonyl (C=O) groups excluding carboxylic acids is 1. The summed E-state index contributed by atoms with van der Waals surface area (Å²) in [6.45, 7) is 0.214. The van der Waals surface area contributed by atoms with Crippen molar-refractivity contribution in [3.8, 4) is 0 Å². The maximum absolute atomic E-state index is 14.0. The molecule has 2 fully saturated rings. The SMILES string of the molecule is CS(=O)(=O)Cc1ccc2c(c1)S(=O)(=O)C=C(C1=C(O)C3C([C@@H]4CC[C@H]3C4)N(Cc3ccc(F)cc3)C1=O)N2. The number of nitrogens with one attached hydrogen (secondary N) is 1. The van der Waals surface area contributed by atoms with Gasteiger partial charge in [-0.2, -0.15) is 0 Å². The number of benzene rings is 2. The van der Waals surface area contributed by atoms with Gasteiger partial charge in [-0.25, -0.2) is 21.2 Å². The topological polar surface area (TPSA) is 121 Å². The first-order valence-corrected chi connectivity index (χ1v) is 16.1. The molecule has 2 heterocycles. The molecule has 2 aromatic carbocycles. The molecule has 4 aliphatic rings. The Bertz CT molecular complexity index is 1630. The number of fused-ring (bicyclic) bond motifs is 6. The van der Waals surface area contributed by atoms with E-state index in [1.807, 2.05) is 0 Å². The Balaban J connectivity index is 1.41. The number of hydrogen-bond donors (Lipinski definition) is 2. The lowest BCUT2D eigenvalue weighted by Gasteiger charge is -2.44. The maximum Gasteiger partial charge on any atom is 0.260 e. The first kappa shape index (κ1) is 25.1. The Morgan fingerprint density at radius 3 is 2.47 bits per heavy atom. The molecular formula is C27H27FN2O6S2. The highest BCUT2D eigenvalue weighted by Crippen LogP contribution is 2.56. The van der Waals surface area contributed by atoms with Gasteiger partial charge >= 0.3 is 0 Å². The average Bonchev–Trinajstić information content (AvgIpc) is 3.45. The first-order chi connectivity index (χ1) is 17.9. The Kier molecular flexibility index (Phi) is 5.73. The summed E-state index contributed by atoms with van der Waals surface area (Å²) in [6, 6.07) is 10.0. The molecule has 0 radical (unpaired) electrons. The molecule has 4 atom stereocenters. The van der Waals surface area contributed by atoms with E-state index >= 15 is 0 Å². The summed E-state index contributed by atoms with van der Waals surface area (Å²) in [5, 5.41) is 15.4. The number of hydrogen-bond acceptors (Lipinski definition) is 7. The third-order valence-corrected chi connectivity index (χ3v) is 10.5. The molecule has 2 unspecified atom stereocenters. The number of amides is 1. The Morgan fingerprint density at radius 2 is 1.76 bits per heavy atom. The number of anilines is 1. The molecule has 2 aliphatic carbocycles. The predicted molar refractivity (Wildman–Crippen MR) is 139 cm³/mol. The molecule has 2 aliphatic heterocycles. The fourth-order valence-corrected chi connectivity index (χ4v) is 8.82. The summed E-state index contributed by atoms with van der Waals surface area (Å²) in [6.07, 6.45) is 3.84. The zero-order valence-electron chi connectivity index (χ0n) is 20.6. The van der Waals surface area contributed by atoms with E-state index in [0.717, 1.165) is 36.5 Å². The standard InChI is InChI=1S/C27H27FN2O6S2/c1-37(33,34)13-16-4-9-20-22(10-16)38(35,36)14-21(29-20)24-26(31)23-17-5-6-18(11-17)25(23)30(27(24)32)12-15-2-7-19(28)8-3-15/h2-4,7-10,14,17-18,23,25,29,31H,5-6,11-13H2,1H3/t17-,18+,23?,25?/m0/s1. The summed E-state index contributed by atoms with van der Waals surface area (Å²) < 4.78 is 63.5. The first-order valence-electron chi connectivity index (χ1n) is 12.4. The quantitative estimate of drug-likeness (QED) is 0.574. The van der Waals surface area contributed by atoms with Gasteiger partial charge in [0.05, 0.1) is 27.4 Å². The number of carbonyl (C=O) groups is 1. The van der Waals surface area contributed by atoms with Gasteiger partial charge in [-0.1, -0.05) is 18.2 Å². The van der Waals surface area contributed by atoms with Crippen molar-refractivity contribution in [3.63, 3.8) is 0 Å². The van der Waals surface area contributed by atoms with Crippen LogP contribution >= 0.6 is 0 Å². The molecular weight excluding hydrogens is 531 g/mol. The van der Waals surface area contributed by atoms with Crippen LogP contribution in [0.4, 0.5) is 10.1 Å². The minimum absolute atomic E-state index is 0.0128. The van der Waals surface area contributed by atoms with Crippen LogP contribution in [0.2, 0.25) is 0 Å². The molecule has 2 saturated carbocycles. The predicted octanol–water partition coefficient (Wildman–Crippen LogP) is 3.68. The Labute approximate surface area is 220 Å². The van der Waals surface area contributed by atoms with E-state index < -0.39 is 25.6 Å². The monoisotopic (exact) mass is 558 g/mol. The smallest absolute Gasteiger partial charge is 0.260 e. The van der Waals surface area contributed by atoms with Crippen molar-refractivity contribution < 1.29 is 31.1 Å². The van der Waals surface area contributed by atoms with Gasteiger partial charge < -0.3 is 15.3 Å². The zero-order valence-corrected chi connectivity index (χ0v) is 22.2. The van der Waals surface area contributed by atoms with E-state index in [-0.39, 0.29) is 69.5 Å². The fraction of sp³-hybridized carbons (Fsp3) is 0.370. The van der Waals surface area contributed by atoms with Crippen LogP contribution < -0.4 is 5.32 Å². The van der Waals surface area contributed by atoms with Crippen molar-refractivity contribution in [2.45, 2.75) is 42.5 Å². The van der Waals surface area contributed by atoms with Gasteiger partial charge in [-0.15, -0.1) is 0 Å². The van der Waals surface area contributed by atoms with Gasteiger partial charge in [0.15, 0.2) is 9.84 Å². The van der Waals surface area contributed by atoms with Gasteiger partial charge in [0.25, 0.3) is 5.91 Å². The van der Waals surface area contributed by atoms with Crippen LogP contribution in [0.15, 0.2) is 69.8 Å². The van der Waals surface area contributed by atoms with E-state index in [4.69, 9.17) is 0 Å². The number of nitrogens with zero attached hydrogens (tertiary/aromatic N) is 1. The molecule has 11 heteroatoms. The second-order valence-corrected chi connectivity index (χ2v) is 14.7. The van der Waals surface area contributed by atoms with Gasteiger partial charge in [0, 0.05) is 24.8 Å². The summed E-state index contributed by atoms with van der Waals surface area (Å²) >= 11 is 0. The van der Waals surface area contributed by atoms with Crippen LogP contribution in [0.5, 0.6) is 0 Å². The van der Waals surface area contributed by atoms with Crippen molar-refractivity contribution in [2.24, 2.45) is 17.8 Å². The van der Waals surface area contributed by atoms with E-state index in [2.05, 4.69) is 5.32 Å². The highest BCUT2D eigenvalue weighted by molar-refractivity contribution is 7.94. The molecule has 0 aromatic heterocycles. The van der Waals surface area contributed by atoms with Crippen LogP contribution in [0.1, 0.15) is 30.4 Å². The lowest BCUT2D eigenvalue weighted by atomic mass is 9.77. The second kappa shape index (κ2) is 8.67. The largest absolute Gasteiger partial charge is 0.511 e. The van der Waals surface area contributed by atoms with E-state index in [1.54, 1.807) is 17.0 Å². The molecule has 1 amide bonds. The van der Waals surface area contributed by atoms with Gasteiger partial charge in [0.1, 0.15) is 17.1 Å². The van der Waals surface area contributed by atoms with Crippen LogP contribution in [-0.4, -0.2) is 45.0 Å². The number of aliphatic hydroxyl groups excluding tert-OH is 1. The van der Waals surface area contributed by atoms with Crippen LogP contribution in [0, 0.1) is 23.6 Å². The number of rotatable bonds is 5. The third kappa shape index (κ3) is 4.21. The van der Waals surface area contributed by atoms with Crippen LogP contribution in [0.3, 0.4) is 0 Å². The lowest BCUT2D eigenvalue weighted by Crippen LogP contribution is -2.52. The minimum Gasteiger partial charge on any atom is -0.511 e. The summed E-state index contributed by atoms with van der Waals surface area (Å²) in [5.74, 6) is -1.12. The summed E-state index contributed by atoms with van der Waals surface area (Å²) in [5.41, 5.74) is 1.19. The van der Waals surface area contributed by atoms with Gasteiger partial charge in [-0.3, -0.25) is 4.79 Å². The van der Waals surface area contributed by atoms with Crippen LogP contribution in [-0.2, 0) is 36.8 Å². The zero-order chi connectivity index (χ0) is 27.0. The molecule has 200 valence electrons. The molecule has 2 bridgehead atoms. The maximum atomic E-state index is 14.0. The molecule has 0 saturated heterocycles. The normalized spacial score (nSPS) is 27.6. The van der Waals surface area contributed by atoms with Gasteiger partial charge in [0.2, 0.25) is 9.84 Å². The third-order valence-electron chi connectivity index (χ3n) is 8.14. The fourth-order valence-electron chi connectivity index (χ4n) is 6.68. The van der Waals surface area contributed by atoms with Crippen molar-refractivity contribution >= 4 is 31.3 Å². The number of sulfone groups is 2. The van der Waals surface area contributed by atoms with Crippen molar-refractivity contribution in [1.29, 1.82) is 0 Å². The molecule has 2 N–H and O–H groups in total. The second-order valence-electron chi connectivity index (χ2n) is 10.8. The van der Waals surface area contributed by atoms with E-state index in [0.29, 0.717) is 5.56 Å². The van der Waals surface area contributed by atoms with E-state index in [9.17, 15) is 31.1 Å². The molecule has 38 heavy (non-hydrogen) atoms. The molecule has 6 rings (SSSR count). The molecule has 8 nitrogen and oxygen atoms in total. The summed E-state index contributed by atoms with van der Waals surface area (Å²) in [7, 11) is -7.43. The lowest BCUT2D eigenvalue weighted by molar-refractivity contribution is -0.134. The Hall–Kier alpha value is -3.18. The highest BCUT2D eigenvalue weighted by atomic mass is 32.2. The molecule has 2 aromatic rings. The van der Waals surface area contributed by atoms with Crippen molar-refractivity contribution in [1.82, 2.24) is 4.90 Å². The Morgan fingerprint density at radius 1 is 1.08 bits per heavy atom. The molecule has 0 spiro atoms. The number of halogens is 1. The van der Waals surface area contributed by atoms with E-state index in [1.165, 1.54) is 30.3 Å². The number of aliphatic hydroxyl groups is 1. The van der Waals surface area contributed by atoms with Gasteiger partial charge in [-0.05, 0) is 66.5 Å². The average molecular weight is 559 g/mol. The van der Waals surface area contributed by atoms with Crippen LogP contribution in [0.25, 0.3) is 0 Å². The van der Waals surface area contributed by atoms with Crippen molar-refractivity contribution in [2.75, 3.05) is 11.6 Å². The van der Waals surface area contributed by atoms with Crippen molar-refractivity contribution in [3.05, 3.63) is 81.8 Å². The highest BCUT2D eigenvalue weighted by Gasteiger charge is 2.56. The summed E-state index contributed by atoms with van der Waals surface area (Å²) in [4.78, 5) is 15.6.